The van der Waals surface area contributed by atoms with Gasteiger partial charge in [0.25, 0.3) is 17.7 Å². The number of hydrogen-bond donors (Lipinski definition) is 2. The number of aliphatic imine (C=N–C) groups is 1. The van der Waals surface area contributed by atoms with Crippen molar-refractivity contribution >= 4 is 52.8 Å². The number of fused-ring (bicyclic) bond motifs is 8. The zero-order valence-electron chi connectivity index (χ0n) is 38.3. The van der Waals surface area contributed by atoms with Crippen LogP contribution in [0.5, 0.6) is 11.6 Å². The van der Waals surface area contributed by atoms with Crippen LogP contribution in [0.3, 0.4) is 0 Å². The van der Waals surface area contributed by atoms with Gasteiger partial charge in [-0.1, -0.05) is 19.1 Å². The third-order valence-electron chi connectivity index (χ3n) is 12.6. The smallest absolute Gasteiger partial charge is 0.280 e. The monoisotopic (exact) mass is 930 g/mol. The van der Waals surface area contributed by atoms with Gasteiger partial charge in [-0.05, 0) is 74.1 Å². The number of hydrogen-bond acceptors (Lipinski definition) is 15. The minimum absolute atomic E-state index is 0.0309. The third kappa shape index (κ3) is 9.83. The molecule has 2 fully saturated rings. The molecule has 0 spiro atoms. The molecule has 1 unspecified atom stereocenters. The van der Waals surface area contributed by atoms with Gasteiger partial charge in [0.05, 0.1) is 66.4 Å². The lowest BCUT2D eigenvalue weighted by Crippen LogP contribution is -2.54. The number of piperazine rings is 1. The van der Waals surface area contributed by atoms with Crippen LogP contribution in [-0.2, 0) is 37.4 Å². The number of carbonyl (C=O) groups excluding carboxylic acids is 6. The van der Waals surface area contributed by atoms with Gasteiger partial charge in [0.2, 0.25) is 29.6 Å². The number of ether oxygens (including phenoxy) is 4. The topological polar surface area (TPSA) is 219 Å². The van der Waals surface area contributed by atoms with Gasteiger partial charge in [-0.25, -0.2) is 4.68 Å². The van der Waals surface area contributed by atoms with Crippen molar-refractivity contribution in [2.45, 2.75) is 52.1 Å². The summed E-state index contributed by atoms with van der Waals surface area (Å²) in [6.07, 6.45) is 3.53. The van der Waals surface area contributed by atoms with Crippen molar-refractivity contribution in [1.82, 2.24) is 34.8 Å². The molecule has 0 saturated carbocycles. The fourth-order valence-electron chi connectivity index (χ4n) is 9.15. The molecule has 0 radical (unpaired) electrons. The van der Waals surface area contributed by atoms with E-state index in [4.69, 9.17) is 23.9 Å². The summed E-state index contributed by atoms with van der Waals surface area (Å²) in [6.45, 7) is 8.98. The number of rotatable bonds is 12. The number of piperidine rings is 1. The number of aromatic nitrogens is 3. The first-order valence-electron chi connectivity index (χ1n) is 23.0. The highest BCUT2D eigenvalue weighted by molar-refractivity contribution is 6.24. The van der Waals surface area contributed by atoms with Crippen LogP contribution in [0, 0.1) is 12.8 Å². The van der Waals surface area contributed by atoms with Crippen molar-refractivity contribution in [1.29, 1.82) is 0 Å². The molecule has 7 heterocycles. The molecule has 20 nitrogen and oxygen atoms in total. The van der Waals surface area contributed by atoms with Gasteiger partial charge in [-0.2, -0.15) is 10.1 Å². The Kier molecular flexibility index (Phi) is 13.6. The average molecular weight is 931 g/mol. The highest BCUT2D eigenvalue weighted by atomic mass is 16.5. The molecule has 68 heavy (non-hydrogen) atoms. The fraction of sp³-hybridized carbons (Fsp3) is 0.438. The average Bonchev–Trinajstić information content (AvgIpc) is 3.94. The Morgan fingerprint density at radius 2 is 1.71 bits per heavy atom. The fourth-order valence-corrected chi connectivity index (χ4v) is 9.15. The second-order valence-corrected chi connectivity index (χ2v) is 17.6. The van der Waals surface area contributed by atoms with E-state index < -0.39 is 29.7 Å². The lowest BCUT2D eigenvalue weighted by atomic mass is 10.0. The number of imide groups is 2. The first kappa shape index (κ1) is 46.1. The molecule has 9 rings (SSSR count). The largest absolute Gasteiger partial charge is 0.490 e. The van der Waals surface area contributed by atoms with Gasteiger partial charge in [-0.3, -0.25) is 48.9 Å². The summed E-state index contributed by atoms with van der Waals surface area (Å²) in [6, 6.07) is 13.4. The van der Waals surface area contributed by atoms with E-state index in [-0.39, 0.29) is 80.5 Å². The molecule has 356 valence electrons. The van der Waals surface area contributed by atoms with Gasteiger partial charge in [-0.15, -0.1) is 0 Å². The highest BCUT2D eigenvalue weighted by Crippen LogP contribution is 2.37. The Morgan fingerprint density at radius 1 is 0.897 bits per heavy atom. The first-order chi connectivity index (χ1) is 32.9. The zero-order chi connectivity index (χ0) is 47.5. The van der Waals surface area contributed by atoms with Crippen molar-refractivity contribution < 1.29 is 47.7 Å². The standard InChI is InChI=1S/C48H54N10O10/c1-29-6-5-17-68-47-34(25-49-54(47)3)36-24-32(22-30(2)50-36)43(61)53-48-51-35-10-9-31(23-38(35)57(48)26-29)27-55-13-15-56(16-14-55)41(60)28-66-19-18-65-20-21-67-39-8-4-7-33-42(39)46(64)58(45(33)63)37-11-12-40(59)52-44(37)62/h4,7-10,22-25,29,37H,5-6,11-21,26-28H2,1-3H3,(H,51,53,61)(H,52,59,62)/t29-,37?/m1/s1. The highest BCUT2D eigenvalue weighted by Gasteiger charge is 2.46. The summed E-state index contributed by atoms with van der Waals surface area (Å²) in [5.41, 5.74) is 5.59. The Bertz CT molecular complexity index is 2680. The molecule has 2 atom stereocenters. The van der Waals surface area contributed by atoms with Gasteiger partial charge in [0.1, 0.15) is 25.0 Å². The number of carbonyl (C=O) groups is 6. The number of nitrogens with one attached hydrogen (secondary N) is 2. The second-order valence-electron chi connectivity index (χ2n) is 17.6. The number of benzene rings is 2. The van der Waals surface area contributed by atoms with Crippen LogP contribution in [0.25, 0.3) is 11.3 Å². The first-order valence-corrected chi connectivity index (χ1v) is 23.0. The zero-order valence-corrected chi connectivity index (χ0v) is 38.3. The maximum absolute atomic E-state index is 13.8. The maximum atomic E-state index is 13.8. The molecular weight excluding hydrogens is 877 g/mol. The summed E-state index contributed by atoms with van der Waals surface area (Å²) < 4.78 is 25.0. The molecule has 0 aliphatic carbocycles. The molecule has 4 aromatic rings. The normalized spacial score (nSPS) is 20.5. The molecule has 5 aliphatic heterocycles. The van der Waals surface area contributed by atoms with Crippen LogP contribution in [0.4, 0.5) is 11.4 Å². The molecule has 2 aromatic heterocycles. The van der Waals surface area contributed by atoms with Gasteiger partial charge < -0.3 is 34.1 Å². The van der Waals surface area contributed by atoms with Crippen LogP contribution < -0.4 is 25.0 Å². The summed E-state index contributed by atoms with van der Waals surface area (Å²) in [4.78, 5) is 93.7. The maximum Gasteiger partial charge on any atom is 0.280 e. The molecule has 2 bridgehead atoms. The Hall–Kier alpha value is -7.03. The predicted molar refractivity (Wildman–Crippen MR) is 246 cm³/mol. The van der Waals surface area contributed by atoms with Crippen LogP contribution in [0.1, 0.15) is 74.9 Å². The van der Waals surface area contributed by atoms with Crippen molar-refractivity contribution in [3.63, 3.8) is 0 Å². The van der Waals surface area contributed by atoms with E-state index in [9.17, 15) is 28.8 Å². The number of pyridine rings is 1. The predicted octanol–water partition coefficient (Wildman–Crippen LogP) is 3.19. The second kappa shape index (κ2) is 20.1. The number of guanidine groups is 1. The lowest BCUT2D eigenvalue weighted by Gasteiger charge is -2.34. The number of amides is 6. The molecule has 2 aromatic carbocycles. The van der Waals surface area contributed by atoms with Crippen molar-refractivity contribution in [2.24, 2.45) is 18.0 Å². The molecule has 6 amide bonds. The Labute approximate surface area is 392 Å². The van der Waals surface area contributed by atoms with Crippen molar-refractivity contribution in [3.05, 3.63) is 82.7 Å². The number of anilines is 2. The minimum Gasteiger partial charge on any atom is -0.490 e. The van der Waals surface area contributed by atoms with Crippen LogP contribution >= 0.6 is 0 Å². The third-order valence-corrected chi connectivity index (χ3v) is 12.6. The molecular formula is C48H54N10O10. The Balaban J connectivity index is 0.724. The summed E-state index contributed by atoms with van der Waals surface area (Å²) in [5, 5.41) is 10.00. The van der Waals surface area contributed by atoms with E-state index in [1.54, 1.807) is 40.0 Å². The van der Waals surface area contributed by atoms with E-state index in [0.717, 1.165) is 40.2 Å². The van der Waals surface area contributed by atoms with Crippen LogP contribution in [0.2, 0.25) is 0 Å². The van der Waals surface area contributed by atoms with Gasteiger partial charge in [0, 0.05) is 64.0 Å². The van der Waals surface area contributed by atoms with Gasteiger partial charge >= 0.3 is 0 Å². The molecule has 20 heteroatoms. The quantitative estimate of drug-likeness (QED) is 0.154. The number of aryl methyl sites for hydroxylation is 2. The number of nitrogens with zero attached hydrogens (tertiary/aromatic N) is 8. The minimum atomic E-state index is -1.07. The van der Waals surface area contributed by atoms with Gasteiger partial charge in [0.15, 0.2) is 0 Å². The van der Waals surface area contributed by atoms with E-state index in [1.165, 1.54) is 6.07 Å². The summed E-state index contributed by atoms with van der Waals surface area (Å²) in [7, 11) is 1.83. The lowest BCUT2D eigenvalue weighted by molar-refractivity contribution is -0.138. The van der Waals surface area contributed by atoms with E-state index in [0.29, 0.717) is 74.7 Å². The molecule has 2 saturated heterocycles. The van der Waals surface area contributed by atoms with E-state index >= 15 is 0 Å². The SMILES string of the molecule is Cc1cc2cc(n1)-c1cnn(C)c1OCCC[C@@H](C)CN1/C(=N/C2=O)Nc2ccc(CN3CCN(C(=O)COCCOCCOc4cccc5c4C(=O)N(C4CCC(=O)NC4=O)C5=O)CC3)cc21. The van der Waals surface area contributed by atoms with Crippen LogP contribution in [0.15, 0.2) is 59.7 Å². The Morgan fingerprint density at radius 3 is 2.53 bits per heavy atom. The molecule has 2 N–H and O–H groups in total. The van der Waals surface area contributed by atoms with Crippen molar-refractivity contribution in [2.75, 3.05) is 82.6 Å². The van der Waals surface area contributed by atoms with E-state index in [2.05, 4.69) is 49.6 Å². The van der Waals surface area contributed by atoms with E-state index in [1.807, 2.05) is 20.0 Å². The summed E-state index contributed by atoms with van der Waals surface area (Å²) in [5.74, 6) is -1.30. The summed E-state index contributed by atoms with van der Waals surface area (Å²) >= 11 is 0. The van der Waals surface area contributed by atoms with Crippen molar-refractivity contribution in [3.8, 4) is 22.9 Å². The van der Waals surface area contributed by atoms with Crippen LogP contribution in [-0.4, -0.2) is 149 Å². The molecule has 5 aliphatic rings.